The van der Waals surface area contributed by atoms with Crippen LogP contribution in [0.25, 0.3) is 0 Å². The molecule has 6 heteroatoms. The van der Waals surface area contributed by atoms with Gasteiger partial charge in [0, 0.05) is 25.6 Å². The van der Waals surface area contributed by atoms with Crippen molar-refractivity contribution in [3.05, 3.63) is 46.8 Å². The second kappa shape index (κ2) is 9.85. The molecule has 0 saturated carbocycles. The normalized spacial score (nSPS) is 11.7. The molecule has 0 amide bonds. The van der Waals surface area contributed by atoms with Gasteiger partial charge in [-0.25, -0.2) is 0 Å². The number of benzene rings is 1. The molecule has 1 heterocycles. The molecule has 0 atom stereocenters. The number of ether oxygens (including phenoxy) is 1. The summed E-state index contributed by atoms with van der Waals surface area (Å²) in [6, 6.07) is 8.20. The highest BCUT2D eigenvalue weighted by Crippen LogP contribution is 2.22. The van der Waals surface area contributed by atoms with Crippen molar-refractivity contribution in [2.75, 3.05) is 14.2 Å². The second-order valence-electron chi connectivity index (χ2n) is 6.31. The first-order valence-electron chi connectivity index (χ1n) is 9.14. The Morgan fingerprint density at radius 3 is 2.58 bits per heavy atom. The molecule has 1 aromatic carbocycles. The van der Waals surface area contributed by atoms with Crippen LogP contribution in [-0.4, -0.2) is 25.3 Å². The summed E-state index contributed by atoms with van der Waals surface area (Å²) in [4.78, 5) is 4.25. The van der Waals surface area contributed by atoms with E-state index in [-0.39, 0.29) is 0 Å². The summed E-state index contributed by atoms with van der Waals surface area (Å²) in [7, 11) is 3.44. The number of rotatable bonds is 8. The van der Waals surface area contributed by atoms with Crippen molar-refractivity contribution < 1.29 is 9.26 Å². The van der Waals surface area contributed by atoms with Gasteiger partial charge in [0.2, 0.25) is 0 Å². The molecule has 2 aromatic rings. The van der Waals surface area contributed by atoms with E-state index in [0.717, 1.165) is 41.2 Å². The lowest BCUT2D eigenvalue weighted by atomic mass is 9.99. The molecule has 0 saturated heterocycles. The first kappa shape index (κ1) is 19.8. The SMILES string of the molecule is CCC(CC)c1cc(CNC(=NC)NCc2ccc(C)c(OC)c2)on1. The molecule has 0 bridgehead atoms. The highest BCUT2D eigenvalue weighted by Gasteiger charge is 2.13. The Balaban J connectivity index is 1.88. The zero-order chi connectivity index (χ0) is 18.9. The fourth-order valence-electron chi connectivity index (χ4n) is 2.86. The van der Waals surface area contributed by atoms with E-state index >= 15 is 0 Å². The average molecular weight is 358 g/mol. The Bertz CT molecular complexity index is 720. The van der Waals surface area contributed by atoms with Crippen molar-refractivity contribution in [1.29, 1.82) is 0 Å². The van der Waals surface area contributed by atoms with Crippen LogP contribution in [0.4, 0.5) is 0 Å². The number of aromatic nitrogens is 1. The lowest BCUT2D eigenvalue weighted by Gasteiger charge is -2.12. The summed E-state index contributed by atoms with van der Waals surface area (Å²) in [6.45, 7) is 7.58. The molecular weight excluding hydrogens is 328 g/mol. The van der Waals surface area contributed by atoms with Crippen LogP contribution in [0, 0.1) is 6.92 Å². The Morgan fingerprint density at radius 1 is 1.19 bits per heavy atom. The van der Waals surface area contributed by atoms with E-state index in [0.29, 0.717) is 25.0 Å². The van der Waals surface area contributed by atoms with Gasteiger partial charge in [0.1, 0.15) is 5.75 Å². The Kier molecular flexibility index (Phi) is 7.51. The monoisotopic (exact) mass is 358 g/mol. The molecule has 0 radical (unpaired) electrons. The Morgan fingerprint density at radius 2 is 1.92 bits per heavy atom. The number of hydrogen-bond acceptors (Lipinski definition) is 4. The molecule has 0 aliphatic carbocycles. The van der Waals surface area contributed by atoms with Gasteiger partial charge >= 0.3 is 0 Å². The summed E-state index contributed by atoms with van der Waals surface area (Å²) in [6.07, 6.45) is 2.14. The number of aliphatic imine (C=N–C) groups is 1. The molecule has 142 valence electrons. The Labute approximate surface area is 156 Å². The minimum Gasteiger partial charge on any atom is -0.496 e. The predicted octanol–water partition coefficient (Wildman–Crippen LogP) is 3.76. The zero-order valence-corrected chi connectivity index (χ0v) is 16.4. The van der Waals surface area contributed by atoms with Crippen LogP contribution < -0.4 is 15.4 Å². The maximum absolute atomic E-state index is 5.44. The van der Waals surface area contributed by atoms with Gasteiger partial charge in [-0.3, -0.25) is 4.99 Å². The van der Waals surface area contributed by atoms with E-state index in [1.807, 2.05) is 19.1 Å². The van der Waals surface area contributed by atoms with Crippen LogP contribution in [0.2, 0.25) is 0 Å². The van der Waals surface area contributed by atoms with Crippen LogP contribution in [0.5, 0.6) is 5.75 Å². The molecule has 1 aromatic heterocycles. The molecule has 2 N–H and O–H groups in total. The largest absolute Gasteiger partial charge is 0.496 e. The highest BCUT2D eigenvalue weighted by molar-refractivity contribution is 5.79. The van der Waals surface area contributed by atoms with Gasteiger partial charge in [-0.15, -0.1) is 0 Å². The smallest absolute Gasteiger partial charge is 0.191 e. The van der Waals surface area contributed by atoms with Crippen LogP contribution in [-0.2, 0) is 13.1 Å². The standard InChI is InChI=1S/C20H30N4O2/c1-6-16(7-2)18-11-17(26-24-18)13-23-20(21-4)22-12-15-9-8-14(3)19(10-15)25-5/h8-11,16H,6-7,12-13H2,1-5H3,(H2,21,22,23). The third-order valence-corrected chi connectivity index (χ3v) is 4.57. The molecule has 2 rings (SSSR count). The molecule has 0 fully saturated rings. The van der Waals surface area contributed by atoms with Crippen LogP contribution in [0.3, 0.4) is 0 Å². The molecule has 0 aliphatic rings. The summed E-state index contributed by atoms with van der Waals surface area (Å²) in [5.41, 5.74) is 3.28. The molecule has 26 heavy (non-hydrogen) atoms. The van der Waals surface area contributed by atoms with Gasteiger partial charge in [0.05, 0.1) is 19.3 Å². The van der Waals surface area contributed by atoms with Crippen molar-refractivity contribution in [3.8, 4) is 5.75 Å². The van der Waals surface area contributed by atoms with Crippen LogP contribution in [0.15, 0.2) is 33.8 Å². The van der Waals surface area contributed by atoms with Crippen molar-refractivity contribution >= 4 is 5.96 Å². The molecule has 6 nitrogen and oxygen atoms in total. The summed E-state index contributed by atoms with van der Waals surface area (Å²) in [5, 5.41) is 10.8. The Hall–Kier alpha value is -2.50. The van der Waals surface area contributed by atoms with E-state index in [2.05, 4.69) is 46.8 Å². The number of methoxy groups -OCH3 is 1. The molecule has 0 spiro atoms. The van der Waals surface area contributed by atoms with Crippen LogP contribution >= 0.6 is 0 Å². The van der Waals surface area contributed by atoms with Crippen LogP contribution in [0.1, 0.15) is 55.2 Å². The average Bonchev–Trinajstić information content (AvgIpc) is 3.12. The summed E-state index contributed by atoms with van der Waals surface area (Å²) in [5.74, 6) is 2.88. The van der Waals surface area contributed by atoms with Crippen molar-refractivity contribution in [1.82, 2.24) is 15.8 Å². The van der Waals surface area contributed by atoms with E-state index in [4.69, 9.17) is 9.26 Å². The number of hydrogen-bond donors (Lipinski definition) is 2. The van der Waals surface area contributed by atoms with Crippen molar-refractivity contribution in [2.45, 2.75) is 52.6 Å². The number of nitrogens with zero attached hydrogens (tertiary/aromatic N) is 2. The number of nitrogens with one attached hydrogen (secondary N) is 2. The second-order valence-corrected chi connectivity index (χ2v) is 6.31. The van der Waals surface area contributed by atoms with E-state index in [1.165, 1.54) is 0 Å². The quantitative estimate of drug-likeness (QED) is 0.555. The highest BCUT2D eigenvalue weighted by atomic mass is 16.5. The van der Waals surface area contributed by atoms with Gasteiger partial charge in [0.25, 0.3) is 0 Å². The van der Waals surface area contributed by atoms with E-state index in [9.17, 15) is 0 Å². The zero-order valence-electron chi connectivity index (χ0n) is 16.4. The maximum Gasteiger partial charge on any atom is 0.191 e. The molecule has 0 aliphatic heterocycles. The molecular formula is C20H30N4O2. The van der Waals surface area contributed by atoms with Gasteiger partial charge in [0.15, 0.2) is 11.7 Å². The van der Waals surface area contributed by atoms with E-state index < -0.39 is 0 Å². The van der Waals surface area contributed by atoms with Gasteiger partial charge in [-0.2, -0.15) is 0 Å². The maximum atomic E-state index is 5.44. The first-order chi connectivity index (χ1) is 12.6. The lowest BCUT2D eigenvalue weighted by Crippen LogP contribution is -2.36. The minimum absolute atomic E-state index is 0.460. The van der Waals surface area contributed by atoms with Crippen molar-refractivity contribution in [3.63, 3.8) is 0 Å². The lowest BCUT2D eigenvalue weighted by molar-refractivity contribution is 0.368. The third-order valence-electron chi connectivity index (χ3n) is 4.57. The minimum atomic E-state index is 0.460. The predicted molar refractivity (Wildman–Crippen MR) is 105 cm³/mol. The van der Waals surface area contributed by atoms with E-state index in [1.54, 1.807) is 14.2 Å². The van der Waals surface area contributed by atoms with Gasteiger partial charge in [-0.1, -0.05) is 31.1 Å². The molecule has 0 unspecified atom stereocenters. The number of aryl methyl sites for hydroxylation is 1. The van der Waals surface area contributed by atoms with Crippen molar-refractivity contribution in [2.24, 2.45) is 4.99 Å². The topological polar surface area (TPSA) is 71.7 Å². The first-order valence-corrected chi connectivity index (χ1v) is 9.14. The number of guanidine groups is 1. The summed E-state index contributed by atoms with van der Waals surface area (Å²) >= 11 is 0. The van der Waals surface area contributed by atoms with Gasteiger partial charge < -0.3 is 19.9 Å². The fraction of sp³-hybridized carbons (Fsp3) is 0.500. The fourth-order valence-corrected chi connectivity index (χ4v) is 2.86. The van der Waals surface area contributed by atoms with Gasteiger partial charge in [-0.05, 0) is 37.0 Å². The third kappa shape index (κ3) is 5.25. The summed E-state index contributed by atoms with van der Waals surface area (Å²) < 4.78 is 10.8.